The normalized spacial score (nSPS) is 11.6. The number of hydrogen-bond donors (Lipinski definition) is 1. The SMILES string of the molecule is C=C(/C=C(/F)C(=C)OC)C(=C)/C(F)=C(/F)C(=C)O.CCC. The predicted octanol–water partition coefficient (Wildman–Crippen LogP) is 5.75. The first kappa shape index (κ1) is 21.1. The van der Waals surface area contributed by atoms with Crippen molar-refractivity contribution in [2.45, 2.75) is 20.3 Å². The maximum atomic E-state index is 13.3. The van der Waals surface area contributed by atoms with Crippen molar-refractivity contribution in [2.75, 3.05) is 7.11 Å². The summed E-state index contributed by atoms with van der Waals surface area (Å²) in [7, 11) is 1.20. The summed E-state index contributed by atoms with van der Waals surface area (Å²) in [4.78, 5) is 0. The highest BCUT2D eigenvalue weighted by Crippen LogP contribution is 2.26. The zero-order chi connectivity index (χ0) is 17.2. The third-order valence-electron chi connectivity index (χ3n) is 1.91. The number of halogens is 3. The Balaban J connectivity index is 0. The van der Waals surface area contributed by atoms with Gasteiger partial charge < -0.3 is 9.84 Å². The second-order valence-corrected chi connectivity index (χ2v) is 3.91. The van der Waals surface area contributed by atoms with Crippen molar-refractivity contribution in [1.82, 2.24) is 0 Å². The van der Waals surface area contributed by atoms with Crippen LogP contribution in [0.4, 0.5) is 13.2 Å². The fourth-order valence-corrected chi connectivity index (χ4v) is 0.818. The van der Waals surface area contributed by atoms with E-state index in [0.717, 1.165) is 6.08 Å². The van der Waals surface area contributed by atoms with E-state index in [1.54, 1.807) is 0 Å². The fourth-order valence-electron chi connectivity index (χ4n) is 0.818. The van der Waals surface area contributed by atoms with Crippen molar-refractivity contribution < 1.29 is 23.0 Å². The molecule has 0 atom stereocenters. The molecule has 0 aliphatic heterocycles. The Morgan fingerprint density at radius 1 is 1.05 bits per heavy atom. The van der Waals surface area contributed by atoms with Gasteiger partial charge >= 0.3 is 0 Å². The van der Waals surface area contributed by atoms with Crippen LogP contribution in [0.3, 0.4) is 0 Å². The molecule has 1 N–H and O–H groups in total. The van der Waals surface area contributed by atoms with Crippen LogP contribution in [-0.2, 0) is 4.74 Å². The summed E-state index contributed by atoms with van der Waals surface area (Å²) in [6, 6.07) is 0. The molecule has 5 heteroatoms. The molecule has 0 unspecified atom stereocenters. The molecular weight excluding hydrogens is 281 g/mol. The molecule has 0 aliphatic rings. The van der Waals surface area contributed by atoms with E-state index in [4.69, 9.17) is 5.11 Å². The Kier molecular flexibility index (Phi) is 10.7. The quantitative estimate of drug-likeness (QED) is 0.500. The van der Waals surface area contributed by atoms with Gasteiger partial charge in [-0.15, -0.1) is 0 Å². The van der Waals surface area contributed by atoms with E-state index in [0.29, 0.717) is 0 Å². The van der Waals surface area contributed by atoms with Crippen LogP contribution >= 0.6 is 0 Å². The zero-order valence-corrected chi connectivity index (χ0v) is 12.6. The summed E-state index contributed by atoms with van der Waals surface area (Å²) in [5.74, 6) is -5.34. The Hall–Kier alpha value is -2.17. The van der Waals surface area contributed by atoms with E-state index in [9.17, 15) is 13.2 Å². The molecule has 0 aromatic rings. The molecule has 0 heterocycles. The van der Waals surface area contributed by atoms with Gasteiger partial charge in [-0.05, 0) is 11.6 Å². The Bertz CT molecular complexity index is 486. The first-order valence-corrected chi connectivity index (χ1v) is 6.06. The van der Waals surface area contributed by atoms with Crippen LogP contribution in [0.1, 0.15) is 20.3 Å². The van der Waals surface area contributed by atoms with Gasteiger partial charge in [0.05, 0.1) is 7.11 Å². The van der Waals surface area contributed by atoms with Crippen LogP contribution < -0.4 is 0 Å². The third kappa shape index (κ3) is 7.87. The van der Waals surface area contributed by atoms with Gasteiger partial charge in [0.1, 0.15) is 11.5 Å². The smallest absolute Gasteiger partial charge is 0.200 e. The highest BCUT2D eigenvalue weighted by atomic mass is 19.2. The molecule has 0 rings (SSSR count). The lowest BCUT2D eigenvalue weighted by Crippen LogP contribution is -1.92. The first-order chi connectivity index (χ1) is 9.63. The molecule has 2 nitrogen and oxygen atoms in total. The monoisotopic (exact) mass is 302 g/mol. The molecule has 118 valence electrons. The van der Waals surface area contributed by atoms with Crippen molar-refractivity contribution in [3.63, 3.8) is 0 Å². The van der Waals surface area contributed by atoms with E-state index in [1.165, 1.54) is 13.5 Å². The Morgan fingerprint density at radius 3 is 1.81 bits per heavy atom. The van der Waals surface area contributed by atoms with E-state index in [-0.39, 0.29) is 11.3 Å². The van der Waals surface area contributed by atoms with E-state index >= 15 is 0 Å². The van der Waals surface area contributed by atoms with Gasteiger partial charge in [-0.2, -0.15) is 4.39 Å². The summed E-state index contributed by atoms with van der Waals surface area (Å²) >= 11 is 0. The summed E-state index contributed by atoms with van der Waals surface area (Å²) in [5, 5.41) is 8.67. The molecule has 21 heavy (non-hydrogen) atoms. The number of allylic oxidation sites excluding steroid dienone is 6. The van der Waals surface area contributed by atoms with E-state index in [1.807, 2.05) is 0 Å². The van der Waals surface area contributed by atoms with Crippen LogP contribution in [0.25, 0.3) is 0 Å². The lowest BCUT2D eigenvalue weighted by molar-refractivity contribution is 0.285. The van der Waals surface area contributed by atoms with E-state index in [2.05, 4.69) is 44.9 Å². The van der Waals surface area contributed by atoms with E-state index < -0.39 is 28.8 Å². The molecule has 0 fully saturated rings. The molecule has 0 spiro atoms. The lowest BCUT2D eigenvalue weighted by Gasteiger charge is -2.06. The minimum Gasteiger partial charge on any atom is -0.505 e. The highest BCUT2D eigenvalue weighted by Gasteiger charge is 2.15. The largest absolute Gasteiger partial charge is 0.505 e. The summed E-state index contributed by atoms with van der Waals surface area (Å²) in [5.41, 5.74) is -0.763. The standard InChI is InChI=1S/C13H13F3O2.C3H8/c1-7(6-11(14)10(4)18-5)8(2)12(15)13(16)9(3)17;1-3-2/h6,17H,1-4H2,5H3;3H2,1-2H3/b11-6+,13-12-;. The van der Waals surface area contributed by atoms with Crippen LogP contribution in [0.15, 0.2) is 72.5 Å². The second kappa shape index (κ2) is 10.6. The van der Waals surface area contributed by atoms with Crippen LogP contribution in [0, 0.1) is 0 Å². The Labute approximate surface area is 123 Å². The van der Waals surface area contributed by atoms with Gasteiger partial charge in [0, 0.05) is 5.57 Å². The van der Waals surface area contributed by atoms with Crippen molar-refractivity contribution in [3.05, 3.63) is 72.5 Å². The number of rotatable bonds is 6. The minimum atomic E-state index is -1.58. The highest BCUT2D eigenvalue weighted by molar-refractivity contribution is 5.50. The number of aliphatic hydroxyl groups is 1. The second-order valence-electron chi connectivity index (χ2n) is 3.91. The van der Waals surface area contributed by atoms with Gasteiger partial charge in [0.25, 0.3) is 0 Å². The first-order valence-electron chi connectivity index (χ1n) is 6.06. The molecule has 0 aromatic carbocycles. The van der Waals surface area contributed by atoms with Crippen LogP contribution in [0.2, 0.25) is 0 Å². The third-order valence-corrected chi connectivity index (χ3v) is 1.91. The van der Waals surface area contributed by atoms with Gasteiger partial charge in [-0.25, -0.2) is 8.78 Å². The number of aliphatic hydroxyl groups excluding tert-OH is 1. The van der Waals surface area contributed by atoms with Crippen molar-refractivity contribution in [3.8, 4) is 0 Å². The van der Waals surface area contributed by atoms with Crippen LogP contribution in [0.5, 0.6) is 0 Å². The maximum Gasteiger partial charge on any atom is 0.200 e. The van der Waals surface area contributed by atoms with Gasteiger partial charge in [0.15, 0.2) is 17.5 Å². The molecule has 0 radical (unpaired) electrons. The summed E-state index contributed by atoms with van der Waals surface area (Å²) in [6.45, 7) is 16.8. The molecule has 0 bridgehead atoms. The lowest BCUT2D eigenvalue weighted by atomic mass is 10.1. The number of hydrogen-bond acceptors (Lipinski definition) is 2. The van der Waals surface area contributed by atoms with Crippen LogP contribution in [-0.4, -0.2) is 12.2 Å². The molecule has 0 aliphatic carbocycles. The molecular formula is C16H21F3O2. The number of methoxy groups -OCH3 is 1. The summed E-state index contributed by atoms with van der Waals surface area (Å²) < 4.78 is 44.1. The topological polar surface area (TPSA) is 29.5 Å². The Morgan fingerprint density at radius 2 is 1.48 bits per heavy atom. The number of ether oxygens (including phenoxy) is 1. The molecule has 0 saturated carbocycles. The van der Waals surface area contributed by atoms with Gasteiger partial charge in [0.2, 0.25) is 0 Å². The van der Waals surface area contributed by atoms with Crippen molar-refractivity contribution in [1.29, 1.82) is 0 Å². The molecule has 0 saturated heterocycles. The minimum absolute atomic E-state index is 0.236. The average molecular weight is 302 g/mol. The molecule has 0 aromatic heterocycles. The fraction of sp³-hybridized carbons (Fsp3) is 0.250. The summed E-state index contributed by atoms with van der Waals surface area (Å²) in [6.07, 6.45) is 2.03. The van der Waals surface area contributed by atoms with Crippen molar-refractivity contribution in [2.24, 2.45) is 0 Å². The van der Waals surface area contributed by atoms with Gasteiger partial charge in [-0.3, -0.25) is 0 Å². The average Bonchev–Trinajstić information content (AvgIpc) is 2.44. The maximum absolute atomic E-state index is 13.3. The predicted molar refractivity (Wildman–Crippen MR) is 80.6 cm³/mol. The van der Waals surface area contributed by atoms with Crippen molar-refractivity contribution >= 4 is 0 Å². The zero-order valence-electron chi connectivity index (χ0n) is 12.6. The van der Waals surface area contributed by atoms with Gasteiger partial charge in [-0.1, -0.05) is 46.6 Å². The molecule has 0 amide bonds.